The zero-order chi connectivity index (χ0) is 30.8. The van der Waals surface area contributed by atoms with Crippen molar-refractivity contribution < 1.29 is 94.1 Å². The van der Waals surface area contributed by atoms with Gasteiger partial charge >= 0.3 is 36.5 Å². The summed E-state index contributed by atoms with van der Waals surface area (Å²) in [7, 11) is 0. The summed E-state index contributed by atoms with van der Waals surface area (Å²) >= 11 is 0. The molecule has 226 valence electrons. The van der Waals surface area contributed by atoms with Crippen LogP contribution in [0.3, 0.4) is 0 Å². The molecule has 1 saturated heterocycles. The van der Waals surface area contributed by atoms with E-state index in [9.17, 15) is 75.8 Å². The summed E-state index contributed by atoms with van der Waals surface area (Å²) in [5.41, 5.74) is -10.1. The Morgan fingerprint density at radius 3 is 1.77 bits per heavy atom. The van der Waals surface area contributed by atoms with Crippen molar-refractivity contribution in [2.45, 2.75) is 79.5 Å². The Labute approximate surface area is 204 Å². The maximum Gasteiger partial charge on any atom is 0.452 e. The van der Waals surface area contributed by atoms with E-state index in [4.69, 9.17) is 0 Å². The van der Waals surface area contributed by atoms with E-state index in [-0.39, 0.29) is 0 Å². The molecular weight excluding hydrogens is 602 g/mol. The molecule has 1 heterocycles. The lowest BCUT2D eigenvalue weighted by Crippen LogP contribution is -2.64. The van der Waals surface area contributed by atoms with E-state index in [1.165, 1.54) is 0 Å². The van der Waals surface area contributed by atoms with E-state index < -0.39 is 109 Å². The van der Waals surface area contributed by atoms with Crippen molar-refractivity contribution in [2.75, 3.05) is 6.61 Å². The highest BCUT2D eigenvalue weighted by Crippen LogP contribution is 2.58. The number of nitrogens with zero attached hydrogens (tertiary/aromatic N) is 1. The highest BCUT2D eigenvalue weighted by Gasteiger charge is 2.85. The molecule has 0 spiro atoms. The van der Waals surface area contributed by atoms with Crippen molar-refractivity contribution in [1.29, 1.82) is 0 Å². The van der Waals surface area contributed by atoms with E-state index in [0.29, 0.717) is 0 Å². The Bertz CT molecular complexity index is 1010. The molecule has 39 heavy (non-hydrogen) atoms. The number of hydrogen-bond acceptors (Lipinski definition) is 5. The van der Waals surface area contributed by atoms with Crippen LogP contribution in [0.5, 0.6) is 0 Å². The van der Waals surface area contributed by atoms with Crippen LogP contribution in [0.1, 0.15) is 25.7 Å². The lowest BCUT2D eigenvalue weighted by Gasteiger charge is -2.39. The molecule has 1 aliphatic heterocycles. The Kier molecular flexibility index (Phi) is 7.74. The molecule has 0 bridgehead atoms. The van der Waals surface area contributed by atoms with Crippen LogP contribution in [0, 0.1) is 0 Å². The minimum atomic E-state index is -6.86. The van der Waals surface area contributed by atoms with Crippen LogP contribution in [-0.2, 0) is 23.9 Å². The number of halogens is 16. The van der Waals surface area contributed by atoms with Crippen LogP contribution in [0.25, 0.3) is 0 Å². The van der Waals surface area contributed by atoms with Gasteiger partial charge in [0.2, 0.25) is 11.7 Å². The van der Waals surface area contributed by atoms with Crippen LogP contribution < -0.4 is 0 Å². The molecule has 2 rings (SSSR count). The number of amides is 2. The first-order chi connectivity index (χ1) is 17.1. The predicted molar refractivity (Wildman–Crippen MR) is 85.7 cm³/mol. The number of rotatable bonds is 7. The van der Waals surface area contributed by atoms with Crippen molar-refractivity contribution in [3.05, 3.63) is 0 Å². The molecule has 0 aromatic heterocycles. The lowest BCUT2D eigenvalue weighted by atomic mass is 9.73. The summed E-state index contributed by atoms with van der Waals surface area (Å²) in [6.07, 6.45) is -33.4. The summed E-state index contributed by atoms with van der Waals surface area (Å²) in [5, 5.41) is 0. The monoisotopic (exact) mass is 613 g/mol. The Morgan fingerprint density at radius 1 is 0.846 bits per heavy atom. The minimum Gasteiger partial charge on any atom is -0.457 e. The number of carbonyl (C=O) groups excluding carboxylic acids is 3. The van der Waals surface area contributed by atoms with Crippen LogP contribution in [0.2, 0.25) is 0 Å². The first-order valence-electron chi connectivity index (χ1n) is 9.84. The van der Waals surface area contributed by atoms with Gasteiger partial charge in [-0.1, -0.05) is 0 Å². The van der Waals surface area contributed by atoms with Crippen LogP contribution >= 0.6 is 0 Å². The van der Waals surface area contributed by atoms with Gasteiger partial charge in [0.1, 0.15) is 6.42 Å². The largest absolute Gasteiger partial charge is 0.457 e. The average Bonchev–Trinajstić information content (AvgIpc) is 2.82. The van der Waals surface area contributed by atoms with Gasteiger partial charge in [-0.15, -0.1) is 0 Å². The lowest BCUT2D eigenvalue weighted by molar-refractivity contribution is -0.428. The average molecular weight is 613 g/mol. The van der Waals surface area contributed by atoms with Crippen molar-refractivity contribution in [2.24, 2.45) is 0 Å². The summed E-state index contributed by atoms with van der Waals surface area (Å²) in [6, 6.07) is -4.74. The molecule has 4 atom stereocenters. The summed E-state index contributed by atoms with van der Waals surface area (Å²) in [6.45, 7) is -3.46. The quantitative estimate of drug-likeness (QED) is 0.233. The molecule has 6 nitrogen and oxygen atoms in total. The van der Waals surface area contributed by atoms with Crippen molar-refractivity contribution in [1.82, 2.24) is 4.90 Å². The zero-order valence-corrected chi connectivity index (χ0v) is 18.1. The molecule has 3 unspecified atom stereocenters. The Morgan fingerprint density at radius 2 is 1.36 bits per heavy atom. The number of alkyl halides is 16. The SMILES string of the molecule is O=C(OCC(F)(OC(F)(F)CC(F)(F)F)C(F)(F)F)[C@@H](N1C(=O)C2(F)CCCC(F)(F)C2(F)C1=O)C(F)(F)F. The maximum atomic E-state index is 15.0. The smallest absolute Gasteiger partial charge is 0.452 e. The Hall–Kier alpha value is -2.55. The van der Waals surface area contributed by atoms with E-state index >= 15 is 8.78 Å². The molecule has 0 aromatic carbocycles. The standard InChI is InChI=1S/C17H11F16NO5/c18-10-2-1-3-11(19,20)15(10,27)9(37)34(8(10)36)6(16(28,29)30)7(35)38-5-12(21,17(31,32)33)39-14(25,26)4-13(22,23)24/h6H,1-5H2/t6-,10?,12?,15?/m1/s1. The molecule has 0 N–H and O–H groups in total. The first-order valence-corrected chi connectivity index (χ1v) is 9.84. The highest BCUT2D eigenvalue weighted by atomic mass is 19.4. The van der Waals surface area contributed by atoms with Crippen molar-refractivity contribution in [3.63, 3.8) is 0 Å². The van der Waals surface area contributed by atoms with Gasteiger partial charge < -0.3 is 4.74 Å². The van der Waals surface area contributed by atoms with Gasteiger partial charge in [0.25, 0.3) is 23.4 Å². The molecule has 2 fully saturated rings. The summed E-state index contributed by atoms with van der Waals surface area (Å²) in [4.78, 5) is 34.5. The third kappa shape index (κ3) is 5.56. The van der Waals surface area contributed by atoms with Crippen LogP contribution in [0.15, 0.2) is 0 Å². The van der Waals surface area contributed by atoms with Crippen LogP contribution in [0.4, 0.5) is 70.2 Å². The minimum absolute atomic E-state index is 1.09. The molecular formula is C17H11F16NO5. The van der Waals surface area contributed by atoms with Crippen molar-refractivity contribution >= 4 is 17.8 Å². The zero-order valence-electron chi connectivity index (χ0n) is 18.1. The highest BCUT2D eigenvalue weighted by molar-refractivity contribution is 6.16. The van der Waals surface area contributed by atoms with E-state index in [1.54, 1.807) is 0 Å². The molecule has 2 aliphatic rings. The second-order valence-electron chi connectivity index (χ2n) is 8.31. The molecule has 0 radical (unpaired) electrons. The van der Waals surface area contributed by atoms with Gasteiger partial charge in [-0.25, -0.2) is 22.4 Å². The number of imide groups is 1. The topological polar surface area (TPSA) is 72.9 Å². The fourth-order valence-electron chi connectivity index (χ4n) is 3.76. The maximum absolute atomic E-state index is 15.0. The number of likely N-dealkylation sites (tertiary alicyclic amines) is 1. The molecule has 2 amide bonds. The number of fused-ring (bicyclic) bond motifs is 1. The van der Waals surface area contributed by atoms with Gasteiger partial charge in [-0.2, -0.15) is 52.7 Å². The third-order valence-electron chi connectivity index (χ3n) is 5.47. The second kappa shape index (κ2) is 9.25. The molecule has 1 aliphatic carbocycles. The number of esters is 1. The summed E-state index contributed by atoms with van der Waals surface area (Å²) in [5.74, 6) is -21.2. The van der Waals surface area contributed by atoms with Crippen molar-refractivity contribution in [3.8, 4) is 0 Å². The normalized spacial score (nSPS) is 28.7. The molecule has 1 saturated carbocycles. The second-order valence-corrected chi connectivity index (χ2v) is 8.31. The van der Waals surface area contributed by atoms with Gasteiger partial charge in [0, 0.05) is 6.42 Å². The fourth-order valence-corrected chi connectivity index (χ4v) is 3.76. The molecule has 22 heteroatoms. The van der Waals surface area contributed by atoms with Gasteiger partial charge in [-0.3, -0.25) is 19.2 Å². The van der Waals surface area contributed by atoms with Gasteiger partial charge in [-0.05, 0) is 12.8 Å². The van der Waals surface area contributed by atoms with Gasteiger partial charge in [0.05, 0.1) is 0 Å². The fraction of sp³-hybridized carbons (Fsp3) is 0.824. The third-order valence-corrected chi connectivity index (χ3v) is 5.47. The van der Waals surface area contributed by atoms with E-state index in [2.05, 4.69) is 9.47 Å². The molecule has 0 aromatic rings. The first kappa shape index (κ1) is 32.7. The predicted octanol–water partition coefficient (Wildman–Crippen LogP) is 4.86. The number of carbonyl (C=O) groups is 3. The number of hydrogen-bond donors (Lipinski definition) is 0. The Balaban J connectivity index is 2.45. The van der Waals surface area contributed by atoms with Crippen LogP contribution in [-0.4, -0.2) is 83.1 Å². The van der Waals surface area contributed by atoms with Gasteiger partial charge in [0.15, 0.2) is 6.61 Å². The van der Waals surface area contributed by atoms with E-state index in [0.717, 1.165) is 0 Å². The number of ether oxygens (including phenoxy) is 2. The van der Waals surface area contributed by atoms with E-state index in [1.807, 2.05) is 0 Å². The summed E-state index contributed by atoms with van der Waals surface area (Å²) < 4.78 is 220.